The second-order valence-electron chi connectivity index (χ2n) is 7.70. The minimum atomic E-state index is 0.0479. The monoisotopic (exact) mass is 474 g/mol. The van der Waals surface area contributed by atoms with E-state index in [2.05, 4.69) is 10.2 Å². The molecule has 0 aliphatic carbocycles. The first-order chi connectivity index (χ1) is 16.2. The van der Waals surface area contributed by atoms with E-state index in [1.807, 2.05) is 81.9 Å². The van der Waals surface area contributed by atoms with Crippen molar-refractivity contribution in [1.29, 1.82) is 0 Å². The SMILES string of the molecule is O=C(CSc1nnc(-c2ccccc2)c2ccccc12)N1CCN(C(=O)c2cccs2)CC1. The van der Waals surface area contributed by atoms with Gasteiger partial charge < -0.3 is 9.80 Å². The van der Waals surface area contributed by atoms with Crippen LogP contribution in [0.15, 0.2) is 77.1 Å². The van der Waals surface area contributed by atoms with Gasteiger partial charge in [-0.05, 0) is 11.4 Å². The van der Waals surface area contributed by atoms with Crippen LogP contribution in [-0.2, 0) is 4.79 Å². The molecule has 0 saturated carbocycles. The minimum Gasteiger partial charge on any atom is -0.338 e. The minimum absolute atomic E-state index is 0.0479. The van der Waals surface area contributed by atoms with Gasteiger partial charge in [0.25, 0.3) is 5.91 Å². The smallest absolute Gasteiger partial charge is 0.264 e. The predicted molar refractivity (Wildman–Crippen MR) is 133 cm³/mol. The van der Waals surface area contributed by atoms with Gasteiger partial charge in [-0.25, -0.2) is 0 Å². The Balaban J connectivity index is 1.24. The number of hydrogen-bond acceptors (Lipinski definition) is 6. The van der Waals surface area contributed by atoms with Crippen LogP contribution in [0.1, 0.15) is 9.67 Å². The van der Waals surface area contributed by atoms with E-state index in [0.29, 0.717) is 31.9 Å². The summed E-state index contributed by atoms with van der Waals surface area (Å²) < 4.78 is 0. The van der Waals surface area contributed by atoms with Crippen molar-refractivity contribution in [2.45, 2.75) is 5.03 Å². The van der Waals surface area contributed by atoms with Gasteiger partial charge in [0, 0.05) is 42.5 Å². The molecule has 1 aliphatic heterocycles. The number of hydrogen-bond donors (Lipinski definition) is 0. The van der Waals surface area contributed by atoms with E-state index in [0.717, 1.165) is 31.9 Å². The van der Waals surface area contributed by atoms with Crippen molar-refractivity contribution in [3.63, 3.8) is 0 Å². The van der Waals surface area contributed by atoms with E-state index in [1.54, 1.807) is 0 Å². The van der Waals surface area contributed by atoms with E-state index in [-0.39, 0.29) is 11.8 Å². The Morgan fingerprint density at radius 1 is 0.818 bits per heavy atom. The highest BCUT2D eigenvalue weighted by atomic mass is 32.2. The molecule has 8 heteroatoms. The molecule has 6 nitrogen and oxygen atoms in total. The third-order valence-electron chi connectivity index (χ3n) is 5.68. The van der Waals surface area contributed by atoms with Crippen molar-refractivity contribution in [2.75, 3.05) is 31.9 Å². The zero-order chi connectivity index (χ0) is 22.6. The predicted octanol–water partition coefficient (Wildman–Crippen LogP) is 4.44. The van der Waals surface area contributed by atoms with Crippen LogP contribution in [0.3, 0.4) is 0 Å². The zero-order valence-corrected chi connectivity index (χ0v) is 19.5. The Hall–Kier alpha value is -3.23. The normalized spacial score (nSPS) is 13.9. The maximum Gasteiger partial charge on any atom is 0.264 e. The average Bonchev–Trinajstić information content (AvgIpc) is 3.42. The second-order valence-corrected chi connectivity index (χ2v) is 9.62. The van der Waals surface area contributed by atoms with Gasteiger partial charge in [0.2, 0.25) is 5.91 Å². The molecule has 0 atom stereocenters. The average molecular weight is 475 g/mol. The van der Waals surface area contributed by atoms with Crippen molar-refractivity contribution in [1.82, 2.24) is 20.0 Å². The molecule has 2 aromatic heterocycles. The summed E-state index contributed by atoms with van der Waals surface area (Å²) in [4.78, 5) is 29.8. The first-order valence-corrected chi connectivity index (χ1v) is 12.6. The van der Waals surface area contributed by atoms with Gasteiger partial charge in [-0.3, -0.25) is 9.59 Å². The van der Waals surface area contributed by atoms with Gasteiger partial charge in [-0.15, -0.1) is 21.5 Å². The van der Waals surface area contributed by atoms with Gasteiger partial charge in [-0.1, -0.05) is 72.4 Å². The molecule has 2 amide bonds. The van der Waals surface area contributed by atoms with E-state index in [1.165, 1.54) is 23.1 Å². The van der Waals surface area contributed by atoms with Crippen molar-refractivity contribution in [3.8, 4) is 11.3 Å². The Kier molecular flexibility index (Phi) is 6.37. The summed E-state index contributed by atoms with van der Waals surface area (Å²) >= 11 is 2.87. The molecule has 1 fully saturated rings. The van der Waals surface area contributed by atoms with E-state index in [4.69, 9.17) is 0 Å². The van der Waals surface area contributed by atoms with Crippen molar-refractivity contribution in [2.24, 2.45) is 0 Å². The Labute approximate surface area is 200 Å². The lowest BCUT2D eigenvalue weighted by Crippen LogP contribution is -2.51. The molecule has 0 radical (unpaired) electrons. The molecule has 33 heavy (non-hydrogen) atoms. The van der Waals surface area contributed by atoms with E-state index < -0.39 is 0 Å². The van der Waals surface area contributed by atoms with Gasteiger partial charge in [0.15, 0.2) is 0 Å². The zero-order valence-electron chi connectivity index (χ0n) is 17.9. The molecular weight excluding hydrogens is 452 g/mol. The largest absolute Gasteiger partial charge is 0.338 e. The number of aromatic nitrogens is 2. The molecule has 166 valence electrons. The van der Waals surface area contributed by atoms with Crippen molar-refractivity contribution in [3.05, 3.63) is 77.0 Å². The fourth-order valence-electron chi connectivity index (χ4n) is 3.93. The van der Waals surface area contributed by atoms with Crippen LogP contribution in [0, 0.1) is 0 Å². The fraction of sp³-hybridized carbons (Fsp3) is 0.200. The molecule has 1 saturated heterocycles. The lowest BCUT2D eigenvalue weighted by atomic mass is 10.1. The lowest BCUT2D eigenvalue weighted by Gasteiger charge is -2.34. The van der Waals surface area contributed by atoms with Crippen LogP contribution in [-0.4, -0.2) is 63.7 Å². The Morgan fingerprint density at radius 2 is 1.52 bits per heavy atom. The van der Waals surface area contributed by atoms with Gasteiger partial charge >= 0.3 is 0 Å². The first-order valence-electron chi connectivity index (χ1n) is 10.7. The Morgan fingerprint density at radius 3 is 2.24 bits per heavy atom. The number of benzene rings is 2. The molecule has 0 spiro atoms. The quantitative estimate of drug-likeness (QED) is 0.400. The molecule has 0 N–H and O–H groups in total. The van der Waals surface area contributed by atoms with Gasteiger partial charge in [0.1, 0.15) is 10.7 Å². The van der Waals surface area contributed by atoms with E-state index in [9.17, 15) is 9.59 Å². The van der Waals surface area contributed by atoms with Crippen LogP contribution in [0.5, 0.6) is 0 Å². The Bertz CT molecular complexity index is 1270. The number of fused-ring (bicyclic) bond motifs is 1. The van der Waals surface area contributed by atoms with Crippen LogP contribution in [0.4, 0.5) is 0 Å². The highest BCUT2D eigenvalue weighted by Crippen LogP contribution is 2.31. The second kappa shape index (κ2) is 9.72. The molecule has 0 unspecified atom stereocenters. The topological polar surface area (TPSA) is 66.4 Å². The number of piperazine rings is 1. The highest BCUT2D eigenvalue weighted by molar-refractivity contribution is 8.00. The van der Waals surface area contributed by atoms with Gasteiger partial charge in [0.05, 0.1) is 10.6 Å². The number of amides is 2. The van der Waals surface area contributed by atoms with Crippen LogP contribution < -0.4 is 0 Å². The number of thiophene rings is 1. The third-order valence-corrected chi connectivity index (χ3v) is 7.51. The number of rotatable bonds is 5. The van der Waals surface area contributed by atoms with Crippen molar-refractivity contribution >= 4 is 45.7 Å². The maximum atomic E-state index is 12.9. The number of carbonyl (C=O) groups excluding carboxylic acids is 2. The fourth-order valence-corrected chi connectivity index (χ4v) is 5.50. The summed E-state index contributed by atoms with van der Waals surface area (Å²) in [6, 6.07) is 21.8. The summed E-state index contributed by atoms with van der Waals surface area (Å²) in [6.07, 6.45) is 0. The molecule has 5 rings (SSSR count). The number of nitrogens with zero attached hydrogens (tertiary/aromatic N) is 4. The molecule has 3 heterocycles. The third kappa shape index (κ3) is 4.62. The molecule has 0 bridgehead atoms. The summed E-state index contributed by atoms with van der Waals surface area (Å²) in [7, 11) is 0. The summed E-state index contributed by atoms with van der Waals surface area (Å²) in [5.41, 5.74) is 1.86. The molecule has 2 aromatic carbocycles. The molecule has 1 aliphatic rings. The molecule has 4 aromatic rings. The summed E-state index contributed by atoms with van der Waals surface area (Å²) in [5.74, 6) is 0.398. The van der Waals surface area contributed by atoms with Crippen LogP contribution in [0.25, 0.3) is 22.0 Å². The number of thioether (sulfide) groups is 1. The number of carbonyl (C=O) groups is 2. The first kappa shape index (κ1) is 21.6. The highest BCUT2D eigenvalue weighted by Gasteiger charge is 2.25. The van der Waals surface area contributed by atoms with Crippen LogP contribution >= 0.6 is 23.1 Å². The van der Waals surface area contributed by atoms with Gasteiger partial charge in [-0.2, -0.15) is 0 Å². The standard InChI is InChI=1S/C25H22N4O2S2/c30-22(28-12-14-29(15-13-28)25(31)21-11-6-16-32-21)17-33-24-20-10-5-4-9-19(20)23(26-27-24)18-7-2-1-3-8-18/h1-11,16H,12-15,17H2. The van der Waals surface area contributed by atoms with Crippen molar-refractivity contribution < 1.29 is 9.59 Å². The van der Waals surface area contributed by atoms with Crippen LogP contribution in [0.2, 0.25) is 0 Å². The maximum absolute atomic E-state index is 12.9. The molecular formula is C25H22N4O2S2. The van der Waals surface area contributed by atoms with E-state index >= 15 is 0 Å². The summed E-state index contributed by atoms with van der Waals surface area (Å²) in [6.45, 7) is 2.22. The summed E-state index contributed by atoms with van der Waals surface area (Å²) in [5, 5.41) is 13.6. The lowest BCUT2D eigenvalue weighted by molar-refractivity contribution is -0.129.